The van der Waals surface area contributed by atoms with Gasteiger partial charge in [0.25, 0.3) is 0 Å². The van der Waals surface area contributed by atoms with Gasteiger partial charge >= 0.3 is 0 Å². The number of carbonyl (C=O) groups excluding carboxylic acids is 1. The fraction of sp³-hybridized carbons (Fsp3) is 0.400. The minimum absolute atomic E-state index is 0.0263. The van der Waals surface area contributed by atoms with Crippen LogP contribution < -0.4 is 5.32 Å². The van der Waals surface area contributed by atoms with E-state index in [-0.39, 0.29) is 5.91 Å². The highest BCUT2D eigenvalue weighted by atomic mass is 16.1. The average molecular weight is 229 g/mol. The molecule has 0 heterocycles. The summed E-state index contributed by atoms with van der Waals surface area (Å²) in [5.74, 6) is 0.0263. The molecule has 2 heteroatoms. The fourth-order valence-electron chi connectivity index (χ4n) is 2.27. The van der Waals surface area contributed by atoms with Gasteiger partial charge in [-0.3, -0.25) is 4.79 Å². The van der Waals surface area contributed by atoms with Crippen molar-refractivity contribution in [2.75, 3.05) is 0 Å². The maximum atomic E-state index is 11.7. The summed E-state index contributed by atoms with van der Waals surface area (Å²) in [5.41, 5.74) is 2.29. The molecule has 1 saturated carbocycles. The first-order valence-corrected chi connectivity index (χ1v) is 6.29. The van der Waals surface area contributed by atoms with Crippen molar-refractivity contribution in [3.63, 3.8) is 0 Å². The Morgan fingerprint density at radius 2 is 2.12 bits per heavy atom. The quantitative estimate of drug-likeness (QED) is 0.793. The molecule has 1 amide bonds. The molecule has 17 heavy (non-hydrogen) atoms. The lowest BCUT2D eigenvalue weighted by atomic mass is 10.1. The van der Waals surface area contributed by atoms with Crippen LogP contribution in [0.1, 0.15) is 36.8 Å². The van der Waals surface area contributed by atoms with E-state index in [1.54, 1.807) is 6.08 Å². The Labute approximate surface area is 103 Å². The smallest absolute Gasteiger partial charge is 0.244 e. The Hall–Kier alpha value is -1.57. The number of rotatable bonds is 3. The standard InChI is InChI=1S/C15H19NO/c1-12-5-4-6-13(11-12)9-10-15(17)16-14-7-2-3-8-14/h4-6,9-11,14H,2-3,7-8H2,1H3,(H,16,17)/b10-9+. The number of aryl methyl sites for hydroxylation is 1. The van der Waals surface area contributed by atoms with E-state index < -0.39 is 0 Å². The topological polar surface area (TPSA) is 29.1 Å². The molecule has 0 unspecified atom stereocenters. The van der Waals surface area contributed by atoms with Crippen LogP contribution in [-0.2, 0) is 4.79 Å². The first-order valence-electron chi connectivity index (χ1n) is 6.29. The average Bonchev–Trinajstić information content (AvgIpc) is 2.79. The number of nitrogens with one attached hydrogen (secondary N) is 1. The molecule has 0 aromatic heterocycles. The maximum Gasteiger partial charge on any atom is 0.244 e. The summed E-state index contributed by atoms with van der Waals surface area (Å²) in [5, 5.41) is 3.04. The van der Waals surface area contributed by atoms with Gasteiger partial charge in [-0.15, -0.1) is 0 Å². The fourth-order valence-corrected chi connectivity index (χ4v) is 2.27. The molecule has 2 nitrogen and oxygen atoms in total. The van der Waals surface area contributed by atoms with Gasteiger partial charge in [-0.2, -0.15) is 0 Å². The molecule has 0 aliphatic heterocycles. The highest BCUT2D eigenvalue weighted by molar-refractivity contribution is 5.91. The number of hydrogen-bond donors (Lipinski definition) is 1. The van der Waals surface area contributed by atoms with Crippen LogP contribution in [0.15, 0.2) is 30.3 Å². The SMILES string of the molecule is Cc1cccc(/C=C/C(=O)NC2CCCC2)c1. The number of amides is 1. The van der Waals surface area contributed by atoms with Crippen molar-refractivity contribution >= 4 is 12.0 Å². The second-order valence-corrected chi connectivity index (χ2v) is 4.74. The van der Waals surface area contributed by atoms with Crippen LogP contribution in [0.3, 0.4) is 0 Å². The molecule has 0 radical (unpaired) electrons. The first kappa shape index (κ1) is 11.9. The van der Waals surface area contributed by atoms with Crippen LogP contribution >= 0.6 is 0 Å². The highest BCUT2D eigenvalue weighted by Gasteiger charge is 2.15. The van der Waals surface area contributed by atoms with Crippen LogP contribution in [0.5, 0.6) is 0 Å². The third kappa shape index (κ3) is 3.74. The molecule has 90 valence electrons. The molecule has 0 saturated heterocycles. The van der Waals surface area contributed by atoms with Gasteiger partial charge < -0.3 is 5.32 Å². The van der Waals surface area contributed by atoms with Crippen LogP contribution in [0.2, 0.25) is 0 Å². The lowest BCUT2D eigenvalue weighted by Crippen LogP contribution is -2.30. The van der Waals surface area contributed by atoms with Crippen molar-refractivity contribution < 1.29 is 4.79 Å². The summed E-state index contributed by atoms with van der Waals surface area (Å²) in [7, 11) is 0. The maximum absolute atomic E-state index is 11.7. The van der Waals surface area contributed by atoms with Gasteiger partial charge in [0.2, 0.25) is 5.91 Å². The van der Waals surface area contributed by atoms with Crippen molar-refractivity contribution in [3.05, 3.63) is 41.5 Å². The molecule has 0 atom stereocenters. The van der Waals surface area contributed by atoms with E-state index in [2.05, 4.69) is 24.4 Å². The second-order valence-electron chi connectivity index (χ2n) is 4.74. The number of hydrogen-bond acceptors (Lipinski definition) is 1. The van der Waals surface area contributed by atoms with Crippen LogP contribution in [0, 0.1) is 6.92 Å². The Morgan fingerprint density at radius 1 is 1.35 bits per heavy atom. The Kier molecular flexibility index (Phi) is 3.97. The van der Waals surface area contributed by atoms with E-state index in [9.17, 15) is 4.79 Å². The largest absolute Gasteiger partial charge is 0.350 e. The molecule has 0 spiro atoms. The van der Waals surface area contributed by atoms with Gasteiger partial charge in [0.05, 0.1) is 0 Å². The molecular formula is C15H19NO. The zero-order valence-electron chi connectivity index (χ0n) is 10.3. The number of benzene rings is 1. The number of carbonyl (C=O) groups is 1. The van der Waals surface area contributed by atoms with E-state index >= 15 is 0 Å². The molecule has 1 aromatic carbocycles. The summed E-state index contributed by atoms with van der Waals surface area (Å²) < 4.78 is 0. The predicted octanol–water partition coefficient (Wildman–Crippen LogP) is 3.07. The molecule has 2 rings (SSSR count). The lowest BCUT2D eigenvalue weighted by molar-refractivity contribution is -0.117. The monoisotopic (exact) mass is 229 g/mol. The molecule has 1 fully saturated rings. The van der Waals surface area contributed by atoms with Gasteiger partial charge in [0.1, 0.15) is 0 Å². The van der Waals surface area contributed by atoms with Crippen molar-refractivity contribution in [1.29, 1.82) is 0 Å². The van der Waals surface area contributed by atoms with E-state index in [0.29, 0.717) is 6.04 Å². The zero-order valence-corrected chi connectivity index (χ0v) is 10.3. The van der Waals surface area contributed by atoms with Crippen molar-refractivity contribution in [1.82, 2.24) is 5.32 Å². The van der Waals surface area contributed by atoms with Gasteiger partial charge in [-0.25, -0.2) is 0 Å². The van der Waals surface area contributed by atoms with Gasteiger partial charge in [0, 0.05) is 12.1 Å². The molecule has 1 aliphatic rings. The molecular weight excluding hydrogens is 210 g/mol. The van der Waals surface area contributed by atoms with Crippen LogP contribution in [0.4, 0.5) is 0 Å². The van der Waals surface area contributed by atoms with Crippen LogP contribution in [-0.4, -0.2) is 11.9 Å². The van der Waals surface area contributed by atoms with Gasteiger partial charge in [0.15, 0.2) is 0 Å². The van der Waals surface area contributed by atoms with Crippen molar-refractivity contribution in [2.24, 2.45) is 0 Å². The third-order valence-electron chi connectivity index (χ3n) is 3.17. The van der Waals surface area contributed by atoms with Crippen molar-refractivity contribution in [2.45, 2.75) is 38.6 Å². The third-order valence-corrected chi connectivity index (χ3v) is 3.17. The first-order chi connectivity index (χ1) is 8.24. The summed E-state index contributed by atoms with van der Waals surface area (Å²) in [6.45, 7) is 2.05. The van der Waals surface area contributed by atoms with Gasteiger partial charge in [-0.05, 0) is 31.4 Å². The second kappa shape index (κ2) is 5.67. The molecule has 1 aromatic rings. The Balaban J connectivity index is 1.89. The summed E-state index contributed by atoms with van der Waals surface area (Å²) in [6, 6.07) is 8.52. The molecule has 1 N–H and O–H groups in total. The Bertz CT molecular complexity index is 417. The van der Waals surface area contributed by atoms with E-state index in [1.807, 2.05) is 18.2 Å². The van der Waals surface area contributed by atoms with Gasteiger partial charge in [-0.1, -0.05) is 42.7 Å². The minimum atomic E-state index is 0.0263. The summed E-state index contributed by atoms with van der Waals surface area (Å²) >= 11 is 0. The summed E-state index contributed by atoms with van der Waals surface area (Å²) in [4.78, 5) is 11.7. The summed E-state index contributed by atoms with van der Waals surface area (Å²) in [6.07, 6.45) is 8.25. The van der Waals surface area contributed by atoms with Crippen LogP contribution in [0.25, 0.3) is 6.08 Å². The van der Waals surface area contributed by atoms with Crippen molar-refractivity contribution in [3.8, 4) is 0 Å². The molecule has 1 aliphatic carbocycles. The predicted molar refractivity (Wildman–Crippen MR) is 70.6 cm³/mol. The zero-order chi connectivity index (χ0) is 12.1. The molecule has 0 bridgehead atoms. The minimum Gasteiger partial charge on any atom is -0.350 e. The normalized spacial score (nSPS) is 16.5. The Morgan fingerprint density at radius 3 is 2.82 bits per heavy atom. The van der Waals surface area contributed by atoms with E-state index in [4.69, 9.17) is 0 Å². The highest BCUT2D eigenvalue weighted by Crippen LogP contribution is 2.17. The van der Waals surface area contributed by atoms with E-state index in [1.165, 1.54) is 18.4 Å². The lowest BCUT2D eigenvalue weighted by Gasteiger charge is -2.09. The van der Waals surface area contributed by atoms with E-state index in [0.717, 1.165) is 18.4 Å².